The van der Waals surface area contributed by atoms with E-state index in [2.05, 4.69) is 67.8 Å². The van der Waals surface area contributed by atoms with E-state index >= 15 is 0 Å². The Balaban J connectivity index is 4.31. The Labute approximate surface area is 289 Å². The first-order chi connectivity index (χ1) is 23.0. The molecule has 6 heteroatoms. The number of hydrogen-bond donors (Lipinski definition) is 2. The van der Waals surface area contributed by atoms with Crippen molar-refractivity contribution >= 4 is 17.8 Å². The third-order valence-corrected chi connectivity index (χ3v) is 8.28. The van der Waals surface area contributed by atoms with Crippen molar-refractivity contribution in [3.8, 4) is 0 Å². The van der Waals surface area contributed by atoms with Gasteiger partial charge in [0.25, 0.3) is 0 Å². The molecule has 0 aromatic heterocycles. The summed E-state index contributed by atoms with van der Waals surface area (Å²) in [5, 5.41) is 11.1. The highest BCUT2D eigenvalue weighted by atomic mass is 16.5. The number of rotatable bonds is 34. The molecule has 0 fully saturated rings. The van der Waals surface area contributed by atoms with Crippen LogP contribution in [0.1, 0.15) is 181 Å². The molecule has 0 aliphatic rings. The molecule has 0 rings (SSSR count). The lowest BCUT2D eigenvalue weighted by Gasteiger charge is -2.18. The van der Waals surface area contributed by atoms with E-state index in [4.69, 9.17) is 9.84 Å². The Bertz CT molecular complexity index is 860. The van der Waals surface area contributed by atoms with Gasteiger partial charge in [-0.3, -0.25) is 14.4 Å². The summed E-state index contributed by atoms with van der Waals surface area (Å²) in [4.78, 5) is 34.9. The molecule has 6 nitrogen and oxygen atoms in total. The van der Waals surface area contributed by atoms with Crippen LogP contribution < -0.4 is 5.32 Å². The fraction of sp³-hybridized carbons (Fsp3) is 0.732. The predicted molar refractivity (Wildman–Crippen MR) is 198 cm³/mol. The van der Waals surface area contributed by atoms with Crippen molar-refractivity contribution in [3.63, 3.8) is 0 Å². The molecule has 270 valence electrons. The Kier molecular flexibility index (Phi) is 34.2. The molecule has 0 radical (unpaired) electrons. The topological polar surface area (TPSA) is 92.7 Å². The summed E-state index contributed by atoms with van der Waals surface area (Å²) in [5.74, 6) is -1.32. The second kappa shape index (κ2) is 36.2. The Morgan fingerprint density at radius 3 is 1.51 bits per heavy atom. The lowest BCUT2D eigenvalue weighted by atomic mass is 10.0. The summed E-state index contributed by atoms with van der Waals surface area (Å²) in [6, 6.07) is 0. The van der Waals surface area contributed by atoms with E-state index in [9.17, 15) is 14.4 Å². The maximum Gasteiger partial charge on any atom is 0.322 e. The van der Waals surface area contributed by atoms with Crippen molar-refractivity contribution in [1.29, 1.82) is 0 Å². The van der Waals surface area contributed by atoms with Gasteiger partial charge in [0.2, 0.25) is 5.91 Å². The average molecular weight is 658 g/mol. The van der Waals surface area contributed by atoms with Crippen LogP contribution in [0.5, 0.6) is 0 Å². The number of carbonyl (C=O) groups is 3. The van der Waals surface area contributed by atoms with Crippen molar-refractivity contribution in [2.45, 2.75) is 187 Å². The van der Waals surface area contributed by atoms with Crippen LogP contribution in [-0.2, 0) is 19.1 Å². The van der Waals surface area contributed by atoms with E-state index in [1.807, 2.05) is 0 Å². The third-order valence-electron chi connectivity index (χ3n) is 8.28. The second-order valence-corrected chi connectivity index (χ2v) is 12.8. The monoisotopic (exact) mass is 658 g/mol. The average Bonchev–Trinajstić information content (AvgIpc) is 3.05. The van der Waals surface area contributed by atoms with E-state index in [0.717, 1.165) is 77.0 Å². The van der Waals surface area contributed by atoms with Gasteiger partial charge < -0.3 is 15.2 Å². The molecule has 1 unspecified atom stereocenters. The maximum atomic E-state index is 12.6. The van der Waals surface area contributed by atoms with E-state index in [1.165, 1.54) is 70.6 Å². The van der Waals surface area contributed by atoms with Gasteiger partial charge in [-0.15, -0.1) is 0 Å². The van der Waals surface area contributed by atoms with Gasteiger partial charge in [-0.05, 0) is 64.2 Å². The molecule has 1 amide bonds. The van der Waals surface area contributed by atoms with Gasteiger partial charge >= 0.3 is 11.9 Å². The number of nitrogens with one attached hydrogen (secondary N) is 1. The molecule has 0 aromatic carbocycles. The predicted octanol–water partition coefficient (Wildman–Crippen LogP) is 11.5. The molecule has 0 aliphatic heterocycles. The molecule has 1 atom stereocenters. The number of esters is 1. The molecule has 0 aliphatic carbocycles. The molecule has 0 saturated heterocycles. The molecule has 0 aromatic rings. The molecular formula is C41H71NO5. The minimum absolute atomic E-state index is 0.00940. The number of ether oxygens (including phenoxy) is 1. The lowest BCUT2D eigenvalue weighted by molar-refractivity contribution is -0.149. The van der Waals surface area contributed by atoms with Crippen LogP contribution in [0.2, 0.25) is 0 Å². The number of carboxylic acids is 1. The number of carboxylic acid groups (broad SMARTS) is 1. The van der Waals surface area contributed by atoms with Gasteiger partial charge in [-0.1, -0.05) is 152 Å². The summed E-state index contributed by atoms with van der Waals surface area (Å²) in [7, 11) is 0. The summed E-state index contributed by atoms with van der Waals surface area (Å²) in [5.41, 5.74) is 0. The Morgan fingerprint density at radius 1 is 0.574 bits per heavy atom. The molecule has 0 saturated carbocycles. The van der Waals surface area contributed by atoms with Crippen LogP contribution >= 0.6 is 0 Å². The molecule has 2 N–H and O–H groups in total. The molecule has 0 heterocycles. The summed E-state index contributed by atoms with van der Waals surface area (Å²) in [6.45, 7) is 4.09. The molecule has 0 bridgehead atoms. The van der Waals surface area contributed by atoms with Crippen molar-refractivity contribution in [1.82, 2.24) is 5.32 Å². The fourth-order valence-corrected chi connectivity index (χ4v) is 5.47. The van der Waals surface area contributed by atoms with Crippen LogP contribution in [0.15, 0.2) is 48.6 Å². The van der Waals surface area contributed by atoms with Crippen LogP contribution in [0.3, 0.4) is 0 Å². The first-order valence-corrected chi connectivity index (χ1v) is 19.3. The number of carbonyl (C=O) groups excluding carboxylic acids is 2. The van der Waals surface area contributed by atoms with E-state index in [0.29, 0.717) is 19.3 Å². The zero-order valence-corrected chi connectivity index (χ0v) is 30.4. The summed E-state index contributed by atoms with van der Waals surface area (Å²) < 4.78 is 5.96. The molecule has 0 spiro atoms. The number of aliphatic carboxylic acids is 1. The quantitative estimate of drug-likeness (QED) is 0.0408. The fourth-order valence-electron chi connectivity index (χ4n) is 5.47. The van der Waals surface area contributed by atoms with Crippen molar-refractivity contribution in [2.24, 2.45) is 0 Å². The van der Waals surface area contributed by atoms with Gasteiger partial charge in [0.15, 0.2) is 0 Å². The highest BCUT2D eigenvalue weighted by Gasteiger charge is 2.14. The van der Waals surface area contributed by atoms with Crippen LogP contribution in [-0.4, -0.2) is 35.6 Å². The molecule has 47 heavy (non-hydrogen) atoms. The van der Waals surface area contributed by atoms with Crippen LogP contribution in [0, 0.1) is 0 Å². The summed E-state index contributed by atoms with van der Waals surface area (Å²) >= 11 is 0. The lowest BCUT2D eigenvalue weighted by Crippen LogP contribution is -2.28. The number of allylic oxidation sites excluding steroid dienone is 8. The SMILES string of the molecule is CC/C=C\C/C=C\C/C=C\C/C=C\CCC(=O)OC(CCCCCCCCCCCCCC)CCCCCCCC(=O)NCC(=O)O. The zero-order valence-electron chi connectivity index (χ0n) is 30.4. The number of amides is 1. The van der Waals surface area contributed by atoms with Gasteiger partial charge in [0.05, 0.1) is 0 Å². The standard InChI is InChI=1S/C41H71NO5/c1-3-5-7-9-11-13-15-17-19-21-23-28-32-36-41(46)47-38(33-29-25-22-20-18-16-14-12-10-8-6-4-2)34-30-26-24-27-31-35-39(43)42-37-40(44)45/h5,7,11,13,17,19,23,28,38H,3-4,6,8-10,12,14-16,18,20-22,24-27,29-37H2,1-2H3,(H,42,43)(H,44,45)/b7-5-,13-11-,19-17-,28-23-. The second-order valence-electron chi connectivity index (χ2n) is 12.8. The number of unbranched alkanes of at least 4 members (excludes halogenated alkanes) is 15. The smallest absolute Gasteiger partial charge is 0.322 e. The molecular weight excluding hydrogens is 586 g/mol. The van der Waals surface area contributed by atoms with Crippen molar-refractivity contribution in [2.75, 3.05) is 6.54 Å². The van der Waals surface area contributed by atoms with Crippen LogP contribution in [0.4, 0.5) is 0 Å². The first-order valence-electron chi connectivity index (χ1n) is 19.3. The Hall–Kier alpha value is -2.63. The number of hydrogen-bond acceptors (Lipinski definition) is 4. The first kappa shape index (κ1) is 44.4. The van der Waals surface area contributed by atoms with Gasteiger partial charge in [-0.2, -0.15) is 0 Å². The van der Waals surface area contributed by atoms with E-state index in [1.54, 1.807) is 0 Å². The van der Waals surface area contributed by atoms with Gasteiger partial charge in [-0.25, -0.2) is 0 Å². The maximum absolute atomic E-state index is 12.6. The Morgan fingerprint density at radius 2 is 1.02 bits per heavy atom. The highest BCUT2D eigenvalue weighted by molar-refractivity contribution is 5.80. The van der Waals surface area contributed by atoms with Crippen molar-refractivity contribution < 1.29 is 24.2 Å². The normalized spacial score (nSPS) is 12.6. The van der Waals surface area contributed by atoms with Gasteiger partial charge in [0.1, 0.15) is 12.6 Å². The highest BCUT2D eigenvalue weighted by Crippen LogP contribution is 2.18. The minimum Gasteiger partial charge on any atom is -0.480 e. The van der Waals surface area contributed by atoms with Gasteiger partial charge in [0, 0.05) is 12.8 Å². The van der Waals surface area contributed by atoms with Crippen LogP contribution in [0.25, 0.3) is 0 Å². The third kappa shape index (κ3) is 36.1. The van der Waals surface area contributed by atoms with E-state index in [-0.39, 0.29) is 24.5 Å². The summed E-state index contributed by atoms with van der Waals surface area (Å²) in [6.07, 6.45) is 45.2. The zero-order chi connectivity index (χ0) is 34.5. The van der Waals surface area contributed by atoms with E-state index < -0.39 is 5.97 Å². The van der Waals surface area contributed by atoms with Crippen molar-refractivity contribution in [3.05, 3.63) is 48.6 Å². The minimum atomic E-state index is -1.02. The largest absolute Gasteiger partial charge is 0.480 e.